The Hall–Kier alpha value is 0.250. The number of nitrogens with zero attached hydrogens (tertiary/aromatic N) is 1. The van der Waals surface area contributed by atoms with Crippen LogP contribution in [0.3, 0.4) is 0 Å². The molecular formula is C24H52ClN. The lowest BCUT2D eigenvalue weighted by atomic mass is 10.1. The summed E-state index contributed by atoms with van der Waals surface area (Å²) in [5.74, 6) is 0. The van der Waals surface area contributed by atoms with Gasteiger partial charge >= 0.3 is 0 Å². The highest BCUT2D eigenvalue weighted by molar-refractivity contribution is 4.50. The van der Waals surface area contributed by atoms with Crippen LogP contribution in [0.1, 0.15) is 130 Å². The van der Waals surface area contributed by atoms with Gasteiger partial charge in [-0.25, -0.2) is 0 Å². The van der Waals surface area contributed by atoms with E-state index in [1.807, 2.05) is 0 Å². The van der Waals surface area contributed by atoms with Crippen molar-refractivity contribution < 1.29 is 16.9 Å². The Labute approximate surface area is 173 Å². The summed E-state index contributed by atoms with van der Waals surface area (Å²) >= 11 is 0. The first-order valence-corrected chi connectivity index (χ1v) is 12.0. The molecule has 0 aliphatic rings. The van der Waals surface area contributed by atoms with Crippen molar-refractivity contribution in [2.24, 2.45) is 0 Å². The van der Waals surface area contributed by atoms with Crippen LogP contribution in [0.5, 0.6) is 0 Å². The van der Waals surface area contributed by atoms with E-state index in [0.29, 0.717) is 0 Å². The summed E-state index contributed by atoms with van der Waals surface area (Å²) in [6.45, 7) is 11.2. The van der Waals surface area contributed by atoms with Crippen molar-refractivity contribution in [2.75, 3.05) is 26.7 Å². The van der Waals surface area contributed by atoms with Crippen LogP contribution in [0.15, 0.2) is 0 Å². The normalized spacial score (nSPS) is 11.5. The molecule has 0 aliphatic heterocycles. The van der Waals surface area contributed by atoms with Gasteiger partial charge in [0.25, 0.3) is 0 Å². The fourth-order valence-electron chi connectivity index (χ4n) is 4.13. The molecule has 0 bridgehead atoms. The summed E-state index contributed by atoms with van der Waals surface area (Å²) in [7, 11) is 2.52. The van der Waals surface area contributed by atoms with Crippen LogP contribution in [0.2, 0.25) is 0 Å². The SMILES string of the molecule is CCCCCCCCCC[N+](C)(CCC)CCCCCCCCCC.[Cl-]. The van der Waals surface area contributed by atoms with Gasteiger partial charge in [-0.2, -0.15) is 0 Å². The summed E-state index contributed by atoms with van der Waals surface area (Å²) in [6, 6.07) is 0. The first-order valence-electron chi connectivity index (χ1n) is 12.0. The fraction of sp³-hybridized carbons (Fsp3) is 1.00. The molecule has 0 unspecified atom stereocenters. The summed E-state index contributed by atoms with van der Waals surface area (Å²) in [5, 5.41) is 0. The third-order valence-electron chi connectivity index (χ3n) is 5.87. The van der Waals surface area contributed by atoms with Crippen LogP contribution in [0.4, 0.5) is 0 Å². The molecular weight excluding hydrogens is 338 g/mol. The minimum atomic E-state index is 0. The number of hydrogen-bond acceptors (Lipinski definition) is 0. The molecule has 0 spiro atoms. The molecule has 0 atom stereocenters. The number of halogens is 1. The Bertz CT molecular complexity index is 235. The smallest absolute Gasteiger partial charge is 0.0784 e. The second-order valence-corrected chi connectivity index (χ2v) is 8.74. The third-order valence-corrected chi connectivity index (χ3v) is 5.87. The van der Waals surface area contributed by atoms with Gasteiger partial charge in [-0.3, -0.25) is 0 Å². The van der Waals surface area contributed by atoms with Gasteiger partial charge in [0.2, 0.25) is 0 Å². The molecule has 0 aromatic heterocycles. The Morgan fingerprint density at radius 2 is 0.692 bits per heavy atom. The molecule has 0 N–H and O–H groups in total. The van der Waals surface area contributed by atoms with Gasteiger partial charge in [-0.1, -0.05) is 97.8 Å². The quantitative estimate of drug-likeness (QED) is 0.200. The number of hydrogen-bond donors (Lipinski definition) is 0. The molecule has 0 rings (SSSR count). The molecule has 26 heavy (non-hydrogen) atoms. The van der Waals surface area contributed by atoms with E-state index in [0.717, 1.165) is 0 Å². The molecule has 0 fully saturated rings. The van der Waals surface area contributed by atoms with Crippen LogP contribution in [-0.4, -0.2) is 31.2 Å². The Kier molecular flexibility index (Phi) is 23.6. The largest absolute Gasteiger partial charge is 1.00 e. The molecule has 0 saturated heterocycles. The number of quaternary nitrogens is 1. The van der Waals surface area contributed by atoms with E-state index < -0.39 is 0 Å². The lowest BCUT2D eigenvalue weighted by molar-refractivity contribution is -0.910. The summed E-state index contributed by atoms with van der Waals surface area (Å²) < 4.78 is 1.34. The van der Waals surface area contributed by atoms with Gasteiger partial charge in [0.1, 0.15) is 0 Å². The fourth-order valence-corrected chi connectivity index (χ4v) is 4.13. The monoisotopic (exact) mass is 389 g/mol. The van der Waals surface area contributed by atoms with E-state index in [9.17, 15) is 0 Å². The number of unbranched alkanes of at least 4 members (excludes halogenated alkanes) is 14. The van der Waals surface area contributed by atoms with Crippen molar-refractivity contribution in [1.82, 2.24) is 0 Å². The van der Waals surface area contributed by atoms with Crippen LogP contribution in [0.25, 0.3) is 0 Å². The average molecular weight is 390 g/mol. The predicted molar refractivity (Wildman–Crippen MR) is 116 cm³/mol. The van der Waals surface area contributed by atoms with E-state index in [4.69, 9.17) is 0 Å². The van der Waals surface area contributed by atoms with Crippen molar-refractivity contribution in [3.63, 3.8) is 0 Å². The second-order valence-electron chi connectivity index (χ2n) is 8.74. The zero-order chi connectivity index (χ0) is 18.6. The molecule has 0 radical (unpaired) electrons. The van der Waals surface area contributed by atoms with Crippen molar-refractivity contribution in [3.8, 4) is 0 Å². The van der Waals surface area contributed by atoms with E-state index in [1.54, 1.807) is 0 Å². The van der Waals surface area contributed by atoms with E-state index in [-0.39, 0.29) is 12.4 Å². The zero-order valence-corrected chi connectivity index (χ0v) is 19.7. The van der Waals surface area contributed by atoms with Crippen molar-refractivity contribution >= 4 is 0 Å². The maximum Gasteiger partial charge on any atom is 0.0784 e. The van der Waals surface area contributed by atoms with Crippen LogP contribution in [-0.2, 0) is 0 Å². The lowest BCUT2D eigenvalue weighted by Gasteiger charge is -2.34. The van der Waals surface area contributed by atoms with Crippen molar-refractivity contribution in [1.29, 1.82) is 0 Å². The Morgan fingerprint density at radius 3 is 1.00 bits per heavy atom. The topological polar surface area (TPSA) is 0 Å². The first-order chi connectivity index (χ1) is 12.2. The van der Waals surface area contributed by atoms with Gasteiger partial charge in [-0.15, -0.1) is 0 Å². The second kappa shape index (κ2) is 21.5. The average Bonchev–Trinajstić information content (AvgIpc) is 2.60. The van der Waals surface area contributed by atoms with Crippen LogP contribution >= 0.6 is 0 Å². The van der Waals surface area contributed by atoms with Gasteiger partial charge < -0.3 is 16.9 Å². The first kappa shape index (κ1) is 28.5. The van der Waals surface area contributed by atoms with E-state index in [1.165, 1.54) is 133 Å². The molecule has 0 amide bonds. The van der Waals surface area contributed by atoms with Crippen molar-refractivity contribution in [3.05, 3.63) is 0 Å². The molecule has 0 heterocycles. The summed E-state index contributed by atoms with van der Waals surface area (Å²) in [6.07, 6.45) is 24.5. The molecule has 2 heteroatoms. The zero-order valence-electron chi connectivity index (χ0n) is 19.0. The lowest BCUT2D eigenvalue weighted by Crippen LogP contribution is -3.00. The highest BCUT2D eigenvalue weighted by Gasteiger charge is 2.19. The highest BCUT2D eigenvalue weighted by Crippen LogP contribution is 2.15. The van der Waals surface area contributed by atoms with Gasteiger partial charge in [0.05, 0.1) is 26.7 Å². The summed E-state index contributed by atoms with van der Waals surface area (Å²) in [5.41, 5.74) is 0. The van der Waals surface area contributed by atoms with Gasteiger partial charge in [0, 0.05) is 0 Å². The summed E-state index contributed by atoms with van der Waals surface area (Å²) in [4.78, 5) is 0. The minimum Gasteiger partial charge on any atom is -1.00 e. The molecule has 160 valence electrons. The molecule has 0 aromatic rings. The van der Waals surface area contributed by atoms with Gasteiger partial charge in [0.15, 0.2) is 0 Å². The number of rotatable bonds is 20. The molecule has 1 nitrogen and oxygen atoms in total. The minimum absolute atomic E-state index is 0. The van der Waals surface area contributed by atoms with E-state index in [2.05, 4.69) is 27.8 Å². The Balaban J connectivity index is 0. The van der Waals surface area contributed by atoms with Crippen molar-refractivity contribution in [2.45, 2.75) is 130 Å². The van der Waals surface area contributed by atoms with Crippen LogP contribution in [0, 0.1) is 0 Å². The maximum atomic E-state index is 2.52. The predicted octanol–water partition coefficient (Wildman–Crippen LogP) is 5.13. The molecule has 0 aromatic carbocycles. The standard InChI is InChI=1S/C24H52N.ClH/c1-5-8-10-12-14-16-18-20-23-25(4,22-7-3)24-21-19-17-15-13-11-9-6-2;/h5-24H2,1-4H3;1H/q+1;/p-1. The third kappa shape index (κ3) is 19.0. The molecule has 0 aliphatic carbocycles. The van der Waals surface area contributed by atoms with Gasteiger partial charge in [-0.05, 0) is 32.1 Å². The van der Waals surface area contributed by atoms with Crippen LogP contribution < -0.4 is 12.4 Å². The molecule has 0 saturated carbocycles. The maximum absolute atomic E-state index is 2.52. The highest BCUT2D eigenvalue weighted by atomic mass is 35.5. The van der Waals surface area contributed by atoms with E-state index >= 15 is 0 Å². The Morgan fingerprint density at radius 1 is 0.385 bits per heavy atom.